The third-order valence-corrected chi connectivity index (χ3v) is 3.80. The van der Waals surface area contributed by atoms with Gasteiger partial charge >= 0.3 is 0 Å². The Morgan fingerprint density at radius 3 is 0.714 bits per heavy atom. The molecule has 4 heteroatoms. The third kappa shape index (κ3) is 1.62. The van der Waals surface area contributed by atoms with Crippen molar-refractivity contribution in [2.45, 2.75) is 5.91 Å². The van der Waals surface area contributed by atoms with Crippen LogP contribution in [0, 0.1) is 0 Å². The second kappa shape index (κ2) is 4.59. The molecule has 4 rings (SSSR count). The Hall–Kier alpha value is -2.88. The van der Waals surface area contributed by atoms with E-state index in [2.05, 4.69) is 67.8 Å². The molecule has 4 aromatic rings. The normalized spacial score (nSPS) is 11.8. The van der Waals surface area contributed by atoms with Gasteiger partial charge in [-0.15, -0.1) is 0 Å². The average Bonchev–Trinajstić information content (AvgIpc) is 3.32. The van der Waals surface area contributed by atoms with Crippen molar-refractivity contribution in [3.63, 3.8) is 0 Å². The molecule has 0 aliphatic heterocycles. The monoisotopic (exact) mass is 276 g/mol. The van der Waals surface area contributed by atoms with Crippen molar-refractivity contribution in [3.8, 4) is 0 Å². The molecule has 4 heterocycles. The molecule has 21 heavy (non-hydrogen) atoms. The Balaban J connectivity index is 2.10. The molecule has 0 saturated heterocycles. The summed E-state index contributed by atoms with van der Waals surface area (Å²) in [6.07, 6.45) is 16.7. The fourth-order valence-electron chi connectivity index (χ4n) is 2.94. The molecule has 0 aliphatic carbocycles. The van der Waals surface area contributed by atoms with Gasteiger partial charge in [0.1, 0.15) is 0 Å². The van der Waals surface area contributed by atoms with Gasteiger partial charge in [0.05, 0.1) is 0 Å². The van der Waals surface area contributed by atoms with Crippen molar-refractivity contribution in [3.05, 3.63) is 98.1 Å². The quantitative estimate of drug-likeness (QED) is 0.546. The lowest BCUT2D eigenvalue weighted by atomic mass is 10.4. The van der Waals surface area contributed by atoms with Crippen LogP contribution in [-0.4, -0.2) is 18.3 Å². The van der Waals surface area contributed by atoms with E-state index in [-0.39, 0.29) is 0 Å². The second-order valence-electron chi connectivity index (χ2n) is 4.96. The summed E-state index contributed by atoms with van der Waals surface area (Å²) in [6.45, 7) is 0. The summed E-state index contributed by atoms with van der Waals surface area (Å²) in [5.41, 5.74) is 0. The third-order valence-electron chi connectivity index (χ3n) is 3.80. The first-order valence-corrected chi connectivity index (χ1v) is 6.96. The van der Waals surface area contributed by atoms with Crippen molar-refractivity contribution in [2.24, 2.45) is 0 Å². The summed E-state index contributed by atoms with van der Waals surface area (Å²) in [4.78, 5) is 0. The van der Waals surface area contributed by atoms with Crippen LogP contribution in [0.3, 0.4) is 0 Å². The van der Waals surface area contributed by atoms with Gasteiger partial charge in [-0.25, -0.2) is 0 Å². The van der Waals surface area contributed by atoms with Crippen molar-refractivity contribution in [1.29, 1.82) is 0 Å². The fourth-order valence-corrected chi connectivity index (χ4v) is 2.94. The number of nitrogens with zero attached hydrogens (tertiary/aromatic N) is 4. The van der Waals surface area contributed by atoms with Gasteiger partial charge in [0.15, 0.2) is 0 Å². The molecule has 0 aliphatic rings. The first-order chi connectivity index (χ1) is 10.4. The van der Waals surface area contributed by atoms with Gasteiger partial charge in [0.25, 0.3) is 5.91 Å². The second-order valence-corrected chi connectivity index (χ2v) is 4.96. The highest BCUT2D eigenvalue weighted by Gasteiger charge is 2.36. The maximum Gasteiger partial charge on any atom is 0.291 e. The summed E-state index contributed by atoms with van der Waals surface area (Å²) in [7, 11) is 0. The van der Waals surface area contributed by atoms with Gasteiger partial charge in [0.2, 0.25) is 0 Å². The predicted octanol–water partition coefficient (Wildman–Crippen LogP) is 3.11. The molecule has 4 nitrogen and oxygen atoms in total. The van der Waals surface area contributed by atoms with E-state index < -0.39 is 5.91 Å². The van der Waals surface area contributed by atoms with Crippen LogP contribution in [0.5, 0.6) is 0 Å². The highest BCUT2D eigenvalue weighted by Crippen LogP contribution is 2.25. The summed E-state index contributed by atoms with van der Waals surface area (Å²) in [5, 5.41) is 0. The van der Waals surface area contributed by atoms with Gasteiger partial charge in [-0.3, -0.25) is 18.3 Å². The Morgan fingerprint density at radius 2 is 0.524 bits per heavy atom. The molecule has 0 saturated carbocycles. The number of rotatable bonds is 4. The van der Waals surface area contributed by atoms with Crippen molar-refractivity contribution < 1.29 is 0 Å². The zero-order valence-corrected chi connectivity index (χ0v) is 11.5. The molecule has 0 bridgehead atoms. The zero-order valence-electron chi connectivity index (χ0n) is 11.5. The molecular formula is C17H16N4. The van der Waals surface area contributed by atoms with E-state index in [0.717, 1.165) is 0 Å². The molecule has 4 aromatic heterocycles. The topological polar surface area (TPSA) is 19.7 Å². The highest BCUT2D eigenvalue weighted by molar-refractivity contribution is 5.11. The standard InChI is InChI=1S/C17H16N4/c1-2-10-18(9-1)17(19-11-3-4-12-19,20-13-5-6-14-20)21-15-7-8-16-21/h1-16H. The first kappa shape index (κ1) is 11.9. The maximum absolute atomic E-state index is 2.19. The van der Waals surface area contributed by atoms with Crippen LogP contribution >= 0.6 is 0 Å². The maximum atomic E-state index is 2.19. The smallest absolute Gasteiger partial charge is 0.291 e. The molecule has 0 radical (unpaired) electrons. The van der Waals surface area contributed by atoms with Crippen molar-refractivity contribution >= 4 is 0 Å². The van der Waals surface area contributed by atoms with Crippen molar-refractivity contribution in [2.75, 3.05) is 0 Å². The molecule has 0 spiro atoms. The van der Waals surface area contributed by atoms with Crippen LogP contribution in [0.25, 0.3) is 0 Å². The highest BCUT2D eigenvalue weighted by atomic mass is 15.6. The van der Waals surface area contributed by atoms with E-state index in [1.54, 1.807) is 0 Å². The summed E-state index contributed by atoms with van der Waals surface area (Å²) in [6, 6.07) is 16.4. The van der Waals surface area contributed by atoms with E-state index in [9.17, 15) is 0 Å². The van der Waals surface area contributed by atoms with E-state index in [1.807, 2.05) is 48.5 Å². The molecule has 0 amide bonds. The van der Waals surface area contributed by atoms with E-state index >= 15 is 0 Å². The minimum Gasteiger partial charge on any atom is -0.295 e. The Labute approximate surface area is 123 Å². The van der Waals surface area contributed by atoms with Crippen LogP contribution < -0.4 is 0 Å². The van der Waals surface area contributed by atoms with Gasteiger partial charge in [0, 0.05) is 49.6 Å². The average molecular weight is 276 g/mol. The van der Waals surface area contributed by atoms with Crippen LogP contribution in [0.15, 0.2) is 98.1 Å². The largest absolute Gasteiger partial charge is 0.295 e. The Bertz CT molecular complexity index is 633. The summed E-state index contributed by atoms with van der Waals surface area (Å²) >= 11 is 0. The van der Waals surface area contributed by atoms with Crippen LogP contribution in [0.1, 0.15) is 0 Å². The van der Waals surface area contributed by atoms with Gasteiger partial charge in [-0.05, 0) is 48.5 Å². The van der Waals surface area contributed by atoms with E-state index in [4.69, 9.17) is 0 Å². The van der Waals surface area contributed by atoms with Crippen molar-refractivity contribution in [1.82, 2.24) is 18.3 Å². The Kier molecular flexibility index (Phi) is 2.60. The fraction of sp³-hybridized carbons (Fsp3) is 0.0588. The molecule has 0 aromatic carbocycles. The number of aromatic nitrogens is 4. The van der Waals surface area contributed by atoms with Crippen LogP contribution in [0.2, 0.25) is 0 Å². The molecular weight excluding hydrogens is 260 g/mol. The number of hydrogen-bond donors (Lipinski definition) is 0. The molecule has 0 fully saturated rings. The van der Waals surface area contributed by atoms with Gasteiger partial charge in [-0.1, -0.05) is 0 Å². The van der Waals surface area contributed by atoms with Crippen LogP contribution in [0.4, 0.5) is 0 Å². The lowest BCUT2D eigenvalue weighted by Crippen LogP contribution is -2.51. The summed E-state index contributed by atoms with van der Waals surface area (Å²) in [5.74, 6) is -0.542. The van der Waals surface area contributed by atoms with Gasteiger partial charge in [-0.2, -0.15) is 0 Å². The number of hydrogen-bond acceptors (Lipinski definition) is 0. The molecule has 104 valence electrons. The minimum atomic E-state index is -0.542. The van der Waals surface area contributed by atoms with E-state index in [0.29, 0.717) is 0 Å². The summed E-state index contributed by atoms with van der Waals surface area (Å²) < 4.78 is 8.75. The van der Waals surface area contributed by atoms with Gasteiger partial charge < -0.3 is 0 Å². The predicted molar refractivity (Wildman–Crippen MR) is 81.9 cm³/mol. The molecule has 0 unspecified atom stereocenters. The lowest BCUT2D eigenvalue weighted by molar-refractivity contribution is 0.132. The van der Waals surface area contributed by atoms with E-state index in [1.165, 1.54) is 0 Å². The molecule has 0 atom stereocenters. The zero-order chi connectivity index (χ0) is 14.1. The first-order valence-electron chi connectivity index (χ1n) is 6.96. The SMILES string of the molecule is c1ccn(C(n2cccc2)(n2cccc2)n2cccc2)c1. The Morgan fingerprint density at radius 1 is 0.333 bits per heavy atom. The molecule has 0 N–H and O–H groups in total. The minimum absolute atomic E-state index is 0.542. The van der Waals surface area contributed by atoms with Crippen LogP contribution in [-0.2, 0) is 5.91 Å². The lowest BCUT2D eigenvalue weighted by Gasteiger charge is -2.39.